The van der Waals surface area contributed by atoms with E-state index in [-0.39, 0.29) is 5.91 Å². The van der Waals surface area contributed by atoms with Gasteiger partial charge in [-0.1, -0.05) is 6.07 Å². The van der Waals surface area contributed by atoms with E-state index in [9.17, 15) is 4.79 Å². The lowest BCUT2D eigenvalue weighted by molar-refractivity contribution is 0.0754. The topological polar surface area (TPSA) is 32.3 Å². The Kier molecular flexibility index (Phi) is 5.18. The summed E-state index contributed by atoms with van der Waals surface area (Å²) in [5, 5.41) is 5.27. The highest BCUT2D eigenvalue weighted by atomic mass is 32.1. The molecule has 0 saturated heterocycles. The average Bonchev–Trinajstić information content (AvgIpc) is 2.98. The van der Waals surface area contributed by atoms with Crippen molar-refractivity contribution in [2.45, 2.75) is 20.4 Å². The number of carbonyl (C=O) groups excluding carboxylic acids is 1. The van der Waals surface area contributed by atoms with E-state index < -0.39 is 0 Å². The summed E-state index contributed by atoms with van der Waals surface area (Å²) in [7, 11) is 0. The maximum absolute atomic E-state index is 12.5. The standard InChI is InChI=1S/C16H20N2OS/c1-3-17-14-9-7-13(8-10-14)16(19)18(4-2)12-15-6-5-11-20-15/h5-11,17H,3-4,12H2,1-2H3. The predicted molar refractivity (Wildman–Crippen MR) is 85.3 cm³/mol. The summed E-state index contributed by atoms with van der Waals surface area (Å²) in [5.41, 5.74) is 1.79. The first-order valence-electron chi connectivity index (χ1n) is 6.90. The Balaban J connectivity index is 2.07. The molecule has 2 rings (SSSR count). The van der Waals surface area contributed by atoms with Crippen LogP contribution < -0.4 is 5.32 Å². The Morgan fingerprint density at radius 1 is 1.20 bits per heavy atom. The van der Waals surface area contributed by atoms with Gasteiger partial charge in [0.15, 0.2) is 0 Å². The Hall–Kier alpha value is -1.81. The molecule has 1 heterocycles. The molecule has 106 valence electrons. The highest BCUT2D eigenvalue weighted by Gasteiger charge is 2.14. The van der Waals surface area contributed by atoms with Gasteiger partial charge in [-0.05, 0) is 49.6 Å². The molecule has 1 aromatic carbocycles. The molecule has 0 aliphatic heterocycles. The maximum atomic E-state index is 12.5. The van der Waals surface area contributed by atoms with Crippen LogP contribution in [0.15, 0.2) is 41.8 Å². The number of benzene rings is 1. The van der Waals surface area contributed by atoms with Gasteiger partial charge < -0.3 is 10.2 Å². The van der Waals surface area contributed by atoms with Crippen molar-refractivity contribution in [3.8, 4) is 0 Å². The fraction of sp³-hybridized carbons (Fsp3) is 0.312. The van der Waals surface area contributed by atoms with Gasteiger partial charge in [0.2, 0.25) is 0 Å². The summed E-state index contributed by atoms with van der Waals surface area (Å²) in [5.74, 6) is 0.0870. The second-order valence-electron chi connectivity index (χ2n) is 4.51. The molecule has 20 heavy (non-hydrogen) atoms. The smallest absolute Gasteiger partial charge is 0.254 e. The first-order valence-corrected chi connectivity index (χ1v) is 7.78. The van der Waals surface area contributed by atoms with E-state index in [0.29, 0.717) is 13.1 Å². The number of hydrogen-bond acceptors (Lipinski definition) is 3. The quantitative estimate of drug-likeness (QED) is 0.876. The molecule has 1 aromatic heterocycles. The van der Waals surface area contributed by atoms with Crippen LogP contribution >= 0.6 is 11.3 Å². The number of rotatable bonds is 6. The predicted octanol–water partition coefficient (Wildman–Crippen LogP) is 3.84. The minimum absolute atomic E-state index is 0.0870. The van der Waals surface area contributed by atoms with Crippen LogP contribution in [0.25, 0.3) is 0 Å². The van der Waals surface area contributed by atoms with E-state index in [1.54, 1.807) is 11.3 Å². The van der Waals surface area contributed by atoms with Gasteiger partial charge in [-0.15, -0.1) is 11.3 Å². The van der Waals surface area contributed by atoms with Crippen LogP contribution in [0.1, 0.15) is 29.1 Å². The van der Waals surface area contributed by atoms with Crippen molar-refractivity contribution < 1.29 is 4.79 Å². The Morgan fingerprint density at radius 2 is 1.95 bits per heavy atom. The number of nitrogens with one attached hydrogen (secondary N) is 1. The zero-order valence-corrected chi connectivity index (χ0v) is 12.7. The zero-order valence-electron chi connectivity index (χ0n) is 11.9. The molecular weight excluding hydrogens is 268 g/mol. The molecule has 1 amide bonds. The molecule has 0 spiro atoms. The van der Waals surface area contributed by atoms with Crippen molar-refractivity contribution in [1.29, 1.82) is 0 Å². The minimum atomic E-state index is 0.0870. The SMILES string of the molecule is CCNc1ccc(C(=O)N(CC)Cc2cccs2)cc1. The van der Waals surface area contributed by atoms with Gasteiger partial charge in [0.1, 0.15) is 0 Å². The lowest BCUT2D eigenvalue weighted by Crippen LogP contribution is -2.29. The first-order chi connectivity index (χ1) is 9.74. The molecule has 0 unspecified atom stereocenters. The van der Waals surface area contributed by atoms with E-state index in [2.05, 4.69) is 18.3 Å². The van der Waals surface area contributed by atoms with Gasteiger partial charge in [-0.2, -0.15) is 0 Å². The van der Waals surface area contributed by atoms with Crippen LogP contribution in [0.2, 0.25) is 0 Å². The molecule has 2 aromatic rings. The fourth-order valence-electron chi connectivity index (χ4n) is 2.04. The largest absolute Gasteiger partial charge is 0.385 e. The van der Waals surface area contributed by atoms with Gasteiger partial charge >= 0.3 is 0 Å². The molecule has 0 radical (unpaired) electrons. The van der Waals surface area contributed by atoms with E-state index in [1.165, 1.54) is 4.88 Å². The molecule has 0 saturated carbocycles. The van der Waals surface area contributed by atoms with Crippen molar-refractivity contribution >= 4 is 22.9 Å². The third-order valence-corrected chi connectivity index (χ3v) is 3.97. The maximum Gasteiger partial charge on any atom is 0.254 e. The van der Waals surface area contributed by atoms with Crippen LogP contribution in [-0.2, 0) is 6.54 Å². The van der Waals surface area contributed by atoms with Crippen LogP contribution in [0.5, 0.6) is 0 Å². The van der Waals surface area contributed by atoms with Crippen molar-refractivity contribution in [2.24, 2.45) is 0 Å². The highest BCUT2D eigenvalue weighted by Crippen LogP contribution is 2.16. The summed E-state index contributed by atoms with van der Waals surface area (Å²) in [6.07, 6.45) is 0. The molecule has 0 atom stereocenters. The van der Waals surface area contributed by atoms with Crippen LogP contribution in [0.3, 0.4) is 0 Å². The van der Waals surface area contributed by atoms with Gasteiger partial charge in [0.25, 0.3) is 5.91 Å². The molecule has 0 fully saturated rings. The summed E-state index contributed by atoms with van der Waals surface area (Å²) in [6.45, 7) is 6.35. The lowest BCUT2D eigenvalue weighted by Gasteiger charge is -2.20. The van der Waals surface area contributed by atoms with Gasteiger partial charge in [0.05, 0.1) is 6.54 Å². The van der Waals surface area contributed by atoms with Gasteiger partial charge in [-0.3, -0.25) is 4.79 Å². The van der Waals surface area contributed by atoms with E-state index in [0.717, 1.165) is 17.8 Å². The molecule has 1 N–H and O–H groups in total. The Morgan fingerprint density at radius 3 is 2.50 bits per heavy atom. The molecule has 4 heteroatoms. The highest BCUT2D eigenvalue weighted by molar-refractivity contribution is 7.09. The third kappa shape index (κ3) is 3.61. The fourth-order valence-corrected chi connectivity index (χ4v) is 2.75. The Bertz CT molecular complexity index is 534. The molecule has 0 bridgehead atoms. The van der Waals surface area contributed by atoms with Crippen LogP contribution in [0.4, 0.5) is 5.69 Å². The molecule has 0 aliphatic carbocycles. The third-order valence-electron chi connectivity index (χ3n) is 3.11. The van der Waals surface area contributed by atoms with Crippen molar-refractivity contribution in [2.75, 3.05) is 18.4 Å². The summed E-state index contributed by atoms with van der Waals surface area (Å²) in [4.78, 5) is 15.6. The normalized spacial score (nSPS) is 10.3. The second-order valence-corrected chi connectivity index (χ2v) is 5.54. The number of nitrogens with zero attached hydrogens (tertiary/aromatic N) is 1. The summed E-state index contributed by atoms with van der Waals surface area (Å²) in [6, 6.07) is 11.8. The zero-order chi connectivity index (χ0) is 14.4. The van der Waals surface area contributed by atoms with Crippen molar-refractivity contribution in [1.82, 2.24) is 4.90 Å². The lowest BCUT2D eigenvalue weighted by atomic mass is 10.1. The second kappa shape index (κ2) is 7.10. The van der Waals surface area contributed by atoms with Gasteiger partial charge in [-0.25, -0.2) is 0 Å². The summed E-state index contributed by atoms with van der Waals surface area (Å²) < 4.78 is 0. The molecular formula is C16H20N2OS. The number of carbonyl (C=O) groups is 1. The Labute approximate surface area is 124 Å². The number of amides is 1. The number of anilines is 1. The minimum Gasteiger partial charge on any atom is -0.385 e. The van der Waals surface area contributed by atoms with E-state index in [1.807, 2.05) is 47.5 Å². The number of thiophene rings is 1. The van der Waals surface area contributed by atoms with Crippen LogP contribution in [-0.4, -0.2) is 23.9 Å². The van der Waals surface area contributed by atoms with Crippen molar-refractivity contribution in [3.05, 3.63) is 52.2 Å². The van der Waals surface area contributed by atoms with E-state index >= 15 is 0 Å². The molecule has 0 aliphatic rings. The monoisotopic (exact) mass is 288 g/mol. The van der Waals surface area contributed by atoms with Crippen molar-refractivity contribution in [3.63, 3.8) is 0 Å². The van der Waals surface area contributed by atoms with Crippen LogP contribution in [0, 0.1) is 0 Å². The first kappa shape index (κ1) is 14.6. The molecule has 3 nitrogen and oxygen atoms in total. The summed E-state index contributed by atoms with van der Waals surface area (Å²) >= 11 is 1.68. The van der Waals surface area contributed by atoms with E-state index in [4.69, 9.17) is 0 Å². The number of hydrogen-bond donors (Lipinski definition) is 1. The van der Waals surface area contributed by atoms with Gasteiger partial charge in [0, 0.05) is 29.2 Å². The average molecular weight is 288 g/mol.